The van der Waals surface area contributed by atoms with Gasteiger partial charge in [-0.15, -0.1) is 0 Å². The molecule has 0 saturated carbocycles. The predicted octanol–water partition coefficient (Wildman–Crippen LogP) is 3.74. The average Bonchev–Trinajstić information content (AvgIpc) is 3.02. The molecule has 0 amide bonds. The normalized spacial score (nSPS) is 12.8. The summed E-state index contributed by atoms with van der Waals surface area (Å²) in [5.74, 6) is 0.595. The lowest BCUT2D eigenvalue weighted by molar-refractivity contribution is 0.334. The maximum absolute atomic E-state index is 4.69. The minimum absolute atomic E-state index is 0.289. The summed E-state index contributed by atoms with van der Waals surface area (Å²) in [6.07, 6.45) is 5.33. The lowest BCUT2D eigenvalue weighted by Crippen LogP contribution is -2.29. The average molecular weight is 286 g/mol. The molecule has 1 heterocycles. The highest BCUT2D eigenvalue weighted by molar-refractivity contribution is 5.28. The Kier molecular flexibility index (Phi) is 5.93. The molecule has 0 aliphatic rings. The van der Waals surface area contributed by atoms with Gasteiger partial charge >= 0.3 is 0 Å². The molecule has 1 aromatic heterocycles. The Balaban J connectivity index is 2.22. The van der Waals surface area contributed by atoms with E-state index in [4.69, 9.17) is 5.10 Å². The van der Waals surface area contributed by atoms with Crippen molar-refractivity contribution in [3.05, 3.63) is 42.2 Å². The van der Waals surface area contributed by atoms with Crippen molar-refractivity contribution in [1.82, 2.24) is 20.3 Å². The zero-order chi connectivity index (χ0) is 15.1. The molecule has 0 saturated heterocycles. The first-order valence-corrected chi connectivity index (χ1v) is 8.01. The van der Waals surface area contributed by atoms with Crippen LogP contribution < -0.4 is 5.32 Å². The topological polar surface area (TPSA) is 42.7 Å². The van der Waals surface area contributed by atoms with Crippen LogP contribution in [0.1, 0.15) is 51.8 Å². The number of hydrogen-bond donors (Lipinski definition) is 1. The molecule has 4 nitrogen and oxygen atoms in total. The van der Waals surface area contributed by atoms with Gasteiger partial charge in [0.05, 0.1) is 17.9 Å². The fourth-order valence-electron chi connectivity index (χ4n) is 2.68. The summed E-state index contributed by atoms with van der Waals surface area (Å²) in [4.78, 5) is 1.72. The van der Waals surface area contributed by atoms with Crippen LogP contribution >= 0.6 is 0 Å². The third-order valence-electron chi connectivity index (χ3n) is 3.95. The van der Waals surface area contributed by atoms with Crippen LogP contribution in [0.3, 0.4) is 0 Å². The van der Waals surface area contributed by atoms with Crippen LogP contribution in [0, 0.1) is 5.92 Å². The number of aromatic nitrogens is 3. The molecule has 1 aromatic carbocycles. The van der Waals surface area contributed by atoms with Gasteiger partial charge in [-0.2, -0.15) is 15.0 Å². The van der Waals surface area contributed by atoms with Crippen LogP contribution in [0.25, 0.3) is 5.69 Å². The number of benzene rings is 1. The molecule has 1 atom stereocenters. The van der Waals surface area contributed by atoms with Crippen molar-refractivity contribution < 1.29 is 0 Å². The number of nitrogens with zero attached hydrogens (tertiary/aromatic N) is 3. The molecule has 0 spiro atoms. The highest BCUT2D eigenvalue weighted by atomic mass is 15.5. The SMILES string of the molecule is CCCNC(c1cnn(-c2ccccc2)n1)C(CC)CC. The van der Waals surface area contributed by atoms with Crippen molar-refractivity contribution in [1.29, 1.82) is 0 Å². The van der Waals surface area contributed by atoms with Crippen LogP contribution in [0.15, 0.2) is 36.5 Å². The second-order valence-electron chi connectivity index (χ2n) is 5.40. The Hall–Kier alpha value is -1.68. The first kappa shape index (κ1) is 15.7. The molecule has 0 fully saturated rings. The monoisotopic (exact) mass is 286 g/mol. The van der Waals surface area contributed by atoms with E-state index in [2.05, 4.69) is 31.2 Å². The highest BCUT2D eigenvalue weighted by Gasteiger charge is 2.22. The Morgan fingerprint density at radius 1 is 1.10 bits per heavy atom. The largest absolute Gasteiger partial charge is 0.308 e. The van der Waals surface area contributed by atoms with Gasteiger partial charge in [0.25, 0.3) is 0 Å². The molecular weight excluding hydrogens is 260 g/mol. The summed E-state index contributed by atoms with van der Waals surface area (Å²) < 4.78 is 0. The van der Waals surface area contributed by atoms with Gasteiger partial charge < -0.3 is 5.32 Å². The van der Waals surface area contributed by atoms with Gasteiger partial charge in [0.2, 0.25) is 0 Å². The van der Waals surface area contributed by atoms with E-state index in [-0.39, 0.29) is 6.04 Å². The van der Waals surface area contributed by atoms with E-state index in [0.29, 0.717) is 5.92 Å². The van der Waals surface area contributed by atoms with Gasteiger partial charge in [0.1, 0.15) is 5.69 Å². The molecule has 0 aliphatic heterocycles. The summed E-state index contributed by atoms with van der Waals surface area (Å²) in [6.45, 7) is 7.70. The summed E-state index contributed by atoms with van der Waals surface area (Å²) in [5, 5.41) is 12.8. The molecule has 1 unspecified atom stereocenters. The van der Waals surface area contributed by atoms with E-state index in [1.165, 1.54) is 0 Å². The molecule has 2 aromatic rings. The van der Waals surface area contributed by atoms with Crippen LogP contribution in [-0.4, -0.2) is 21.5 Å². The van der Waals surface area contributed by atoms with Crippen molar-refractivity contribution in [2.75, 3.05) is 6.54 Å². The van der Waals surface area contributed by atoms with Gasteiger partial charge in [-0.1, -0.05) is 51.8 Å². The Morgan fingerprint density at radius 2 is 1.81 bits per heavy atom. The Bertz CT molecular complexity index is 517. The molecule has 2 rings (SSSR count). The Labute approximate surface area is 127 Å². The highest BCUT2D eigenvalue weighted by Crippen LogP contribution is 2.26. The fraction of sp³-hybridized carbons (Fsp3) is 0.529. The second-order valence-corrected chi connectivity index (χ2v) is 5.40. The van der Waals surface area contributed by atoms with E-state index in [0.717, 1.165) is 37.2 Å². The first-order chi connectivity index (χ1) is 10.3. The van der Waals surface area contributed by atoms with Crippen molar-refractivity contribution in [2.24, 2.45) is 5.92 Å². The van der Waals surface area contributed by atoms with Crippen molar-refractivity contribution in [2.45, 2.75) is 46.1 Å². The van der Waals surface area contributed by atoms with Crippen molar-refractivity contribution in [3.8, 4) is 5.69 Å². The van der Waals surface area contributed by atoms with E-state index in [1.54, 1.807) is 4.80 Å². The molecule has 0 radical (unpaired) electrons. The van der Waals surface area contributed by atoms with Gasteiger partial charge in [-0.25, -0.2) is 0 Å². The zero-order valence-corrected chi connectivity index (χ0v) is 13.3. The van der Waals surface area contributed by atoms with E-state index < -0.39 is 0 Å². The van der Waals surface area contributed by atoms with E-state index >= 15 is 0 Å². The van der Waals surface area contributed by atoms with Gasteiger partial charge in [-0.05, 0) is 31.0 Å². The predicted molar refractivity (Wildman–Crippen MR) is 86.5 cm³/mol. The third kappa shape index (κ3) is 3.91. The van der Waals surface area contributed by atoms with Gasteiger partial charge in [0.15, 0.2) is 0 Å². The van der Waals surface area contributed by atoms with E-state index in [9.17, 15) is 0 Å². The zero-order valence-electron chi connectivity index (χ0n) is 13.3. The summed E-state index contributed by atoms with van der Waals surface area (Å²) in [7, 11) is 0. The molecular formula is C17H26N4. The second kappa shape index (κ2) is 7.93. The first-order valence-electron chi connectivity index (χ1n) is 8.01. The lowest BCUT2D eigenvalue weighted by atomic mass is 9.92. The fourth-order valence-corrected chi connectivity index (χ4v) is 2.68. The maximum atomic E-state index is 4.69. The van der Waals surface area contributed by atoms with Crippen LogP contribution in [-0.2, 0) is 0 Å². The van der Waals surface area contributed by atoms with Crippen LogP contribution in [0.4, 0.5) is 0 Å². The Morgan fingerprint density at radius 3 is 2.43 bits per heavy atom. The smallest absolute Gasteiger partial charge is 0.100 e. The number of rotatable bonds is 8. The molecule has 114 valence electrons. The molecule has 21 heavy (non-hydrogen) atoms. The number of para-hydroxylation sites is 1. The molecule has 0 aliphatic carbocycles. The van der Waals surface area contributed by atoms with Crippen molar-refractivity contribution in [3.63, 3.8) is 0 Å². The summed E-state index contributed by atoms with van der Waals surface area (Å²) in [5.41, 5.74) is 2.04. The number of hydrogen-bond acceptors (Lipinski definition) is 3. The van der Waals surface area contributed by atoms with Crippen LogP contribution in [0.5, 0.6) is 0 Å². The third-order valence-corrected chi connectivity index (χ3v) is 3.95. The summed E-state index contributed by atoms with van der Waals surface area (Å²) >= 11 is 0. The van der Waals surface area contributed by atoms with E-state index in [1.807, 2.05) is 36.5 Å². The maximum Gasteiger partial charge on any atom is 0.100 e. The number of nitrogens with one attached hydrogen (secondary N) is 1. The van der Waals surface area contributed by atoms with Gasteiger partial charge in [-0.3, -0.25) is 0 Å². The summed E-state index contributed by atoms with van der Waals surface area (Å²) in [6, 6.07) is 10.4. The van der Waals surface area contributed by atoms with Gasteiger partial charge in [0, 0.05) is 0 Å². The molecule has 0 bridgehead atoms. The van der Waals surface area contributed by atoms with Crippen molar-refractivity contribution >= 4 is 0 Å². The molecule has 4 heteroatoms. The standard InChI is InChI=1S/C17H26N4/c1-4-12-18-17(14(5-2)6-3)16-13-19-21(20-16)15-10-8-7-9-11-15/h7-11,13-14,17-18H,4-6,12H2,1-3H3. The quantitative estimate of drug-likeness (QED) is 0.803. The minimum atomic E-state index is 0.289. The lowest BCUT2D eigenvalue weighted by Gasteiger charge is -2.24. The van der Waals surface area contributed by atoms with Crippen LogP contribution in [0.2, 0.25) is 0 Å². The minimum Gasteiger partial charge on any atom is -0.308 e. The molecule has 1 N–H and O–H groups in total.